The Morgan fingerprint density at radius 3 is 2.59 bits per heavy atom. The van der Waals surface area contributed by atoms with Crippen LogP contribution in [0, 0.1) is 17.2 Å². The third-order valence-electron chi connectivity index (χ3n) is 7.64. The number of hydrogen-bond donors (Lipinski definition) is 2. The lowest BCUT2D eigenvalue weighted by molar-refractivity contribution is -0.186. The van der Waals surface area contributed by atoms with Crippen molar-refractivity contribution in [3.8, 4) is 11.9 Å². The van der Waals surface area contributed by atoms with Crippen LogP contribution in [0.2, 0.25) is 0 Å². The van der Waals surface area contributed by atoms with Gasteiger partial charge in [-0.05, 0) is 61.4 Å². The van der Waals surface area contributed by atoms with Crippen molar-refractivity contribution in [3.05, 3.63) is 82.9 Å². The van der Waals surface area contributed by atoms with Crippen LogP contribution in [0.25, 0.3) is 16.9 Å². The number of anilines is 2. The largest absolute Gasteiger partial charge is 0.379 e. The number of aromatic nitrogens is 5. The number of fused-ring (bicyclic) bond motifs is 1. The summed E-state index contributed by atoms with van der Waals surface area (Å²) in [4.78, 5) is 27.0. The summed E-state index contributed by atoms with van der Waals surface area (Å²) in [5.41, 5.74) is 1.56. The molecule has 39 heavy (non-hydrogen) atoms. The molecule has 0 bridgehead atoms. The zero-order valence-corrected chi connectivity index (χ0v) is 21.5. The fourth-order valence-electron chi connectivity index (χ4n) is 5.38. The van der Waals surface area contributed by atoms with Crippen LogP contribution in [-0.4, -0.2) is 42.6 Å². The topological polar surface area (TPSA) is 131 Å². The molecule has 2 N–H and O–H groups in total. The number of allylic oxidation sites excluding steroid dienone is 1. The maximum Gasteiger partial charge on any atom is 0.278 e. The molecular weight excluding hydrogens is 494 g/mol. The second kappa shape index (κ2) is 10.1. The van der Waals surface area contributed by atoms with Crippen LogP contribution >= 0.6 is 0 Å². The maximum atomic E-state index is 13.2. The molecular formula is C29H29N7O3. The van der Waals surface area contributed by atoms with E-state index in [1.54, 1.807) is 29.0 Å². The van der Waals surface area contributed by atoms with E-state index in [-0.39, 0.29) is 31.2 Å². The van der Waals surface area contributed by atoms with Gasteiger partial charge >= 0.3 is 0 Å². The summed E-state index contributed by atoms with van der Waals surface area (Å²) in [5.74, 6) is 1.45. The molecule has 1 aliphatic carbocycles. The molecule has 4 heterocycles. The Kier molecular flexibility index (Phi) is 6.46. The molecule has 1 saturated heterocycles. The molecule has 3 aromatic heterocycles. The molecule has 0 spiro atoms. The predicted molar refractivity (Wildman–Crippen MR) is 146 cm³/mol. The summed E-state index contributed by atoms with van der Waals surface area (Å²) in [6, 6.07) is 15.9. The molecule has 0 atom stereocenters. The highest BCUT2D eigenvalue weighted by Crippen LogP contribution is 2.36. The molecule has 198 valence electrons. The fraction of sp³-hybridized carbons (Fsp3) is 0.345. The summed E-state index contributed by atoms with van der Waals surface area (Å²) in [6.07, 6.45) is 7.12. The van der Waals surface area contributed by atoms with Gasteiger partial charge in [-0.1, -0.05) is 24.3 Å². The Hall–Kier alpha value is -4.33. The predicted octanol–water partition coefficient (Wildman–Crippen LogP) is 3.92. The van der Waals surface area contributed by atoms with Gasteiger partial charge in [-0.2, -0.15) is 10.2 Å². The molecule has 1 aromatic carbocycles. The van der Waals surface area contributed by atoms with Crippen LogP contribution in [0.1, 0.15) is 42.9 Å². The smallest absolute Gasteiger partial charge is 0.278 e. The van der Waals surface area contributed by atoms with Gasteiger partial charge in [0.2, 0.25) is 5.95 Å². The molecule has 2 aliphatic rings. The van der Waals surface area contributed by atoms with Crippen molar-refractivity contribution in [2.24, 2.45) is 5.92 Å². The van der Waals surface area contributed by atoms with Crippen LogP contribution in [0.5, 0.6) is 0 Å². The number of nitrogens with zero attached hydrogens (tertiary/aromatic N) is 6. The van der Waals surface area contributed by atoms with E-state index in [4.69, 9.17) is 15.0 Å². The lowest BCUT2D eigenvalue weighted by atomic mass is 9.79. The summed E-state index contributed by atoms with van der Waals surface area (Å²) >= 11 is 0. The maximum absolute atomic E-state index is 13.2. The van der Waals surface area contributed by atoms with Gasteiger partial charge in [0.05, 0.1) is 31.5 Å². The minimum Gasteiger partial charge on any atom is -0.379 e. The number of nitrogens with one attached hydrogen (secondary N) is 1. The van der Waals surface area contributed by atoms with Gasteiger partial charge in [-0.3, -0.25) is 4.79 Å². The van der Waals surface area contributed by atoms with Crippen molar-refractivity contribution in [2.75, 3.05) is 18.5 Å². The summed E-state index contributed by atoms with van der Waals surface area (Å²) in [6.45, 7) is 4.38. The van der Waals surface area contributed by atoms with E-state index in [0.717, 1.165) is 31.4 Å². The average Bonchev–Trinajstić information content (AvgIpc) is 3.23. The van der Waals surface area contributed by atoms with Gasteiger partial charge in [0.25, 0.3) is 5.56 Å². The van der Waals surface area contributed by atoms with E-state index in [0.29, 0.717) is 34.4 Å². The molecule has 10 nitrogen and oxygen atoms in total. The average molecular weight is 524 g/mol. The van der Waals surface area contributed by atoms with Crippen molar-refractivity contribution in [1.29, 1.82) is 5.26 Å². The molecule has 10 heteroatoms. The Morgan fingerprint density at radius 1 is 1.15 bits per heavy atom. The van der Waals surface area contributed by atoms with Crippen molar-refractivity contribution in [3.63, 3.8) is 0 Å². The van der Waals surface area contributed by atoms with E-state index >= 15 is 0 Å². The minimum atomic E-state index is -1.15. The van der Waals surface area contributed by atoms with Crippen molar-refractivity contribution >= 4 is 22.7 Å². The Bertz CT molecular complexity index is 1620. The van der Waals surface area contributed by atoms with Gasteiger partial charge < -0.3 is 15.2 Å². The Balaban J connectivity index is 1.32. The highest BCUT2D eigenvalue weighted by Gasteiger charge is 2.39. The monoisotopic (exact) mass is 523 g/mol. The van der Waals surface area contributed by atoms with Gasteiger partial charge in [0.1, 0.15) is 5.39 Å². The summed E-state index contributed by atoms with van der Waals surface area (Å²) in [5, 5.41) is 23.5. The third-order valence-corrected chi connectivity index (χ3v) is 7.64. The normalized spacial score (nSPS) is 20.2. The van der Waals surface area contributed by atoms with Crippen LogP contribution < -0.4 is 10.9 Å². The zero-order valence-electron chi connectivity index (χ0n) is 21.5. The number of benzene rings is 1. The second-order valence-electron chi connectivity index (χ2n) is 10.2. The number of rotatable bonds is 7. The molecule has 0 radical (unpaired) electrons. The lowest BCUT2D eigenvalue weighted by Gasteiger charge is -2.35. The van der Waals surface area contributed by atoms with Crippen molar-refractivity contribution in [2.45, 2.75) is 43.7 Å². The van der Waals surface area contributed by atoms with Crippen LogP contribution in [0.3, 0.4) is 0 Å². The van der Waals surface area contributed by atoms with E-state index in [2.05, 4.69) is 40.1 Å². The summed E-state index contributed by atoms with van der Waals surface area (Å²) in [7, 11) is 0. The quantitative estimate of drug-likeness (QED) is 0.349. The first-order valence-corrected chi connectivity index (χ1v) is 13.1. The molecule has 6 rings (SSSR count). The van der Waals surface area contributed by atoms with Crippen LogP contribution in [-0.2, 0) is 16.9 Å². The van der Waals surface area contributed by atoms with Crippen LogP contribution in [0.4, 0.5) is 11.6 Å². The number of ether oxygens (including phenoxy) is 1. The number of hydrogen-bond acceptors (Lipinski definition) is 8. The van der Waals surface area contributed by atoms with Crippen LogP contribution in [0.15, 0.2) is 66.1 Å². The van der Waals surface area contributed by atoms with Gasteiger partial charge in [0.15, 0.2) is 17.1 Å². The number of pyridine rings is 1. The Labute approximate surface area is 225 Å². The zero-order chi connectivity index (χ0) is 27.0. The fourth-order valence-corrected chi connectivity index (χ4v) is 5.38. The number of aliphatic hydroxyl groups is 1. The molecule has 2 fully saturated rings. The minimum absolute atomic E-state index is 0.172. The molecule has 0 unspecified atom stereocenters. The van der Waals surface area contributed by atoms with E-state index in [1.807, 2.05) is 12.1 Å². The number of nitriles is 1. The van der Waals surface area contributed by atoms with E-state index in [1.165, 1.54) is 16.4 Å². The molecule has 0 amide bonds. The van der Waals surface area contributed by atoms with Crippen molar-refractivity contribution < 1.29 is 9.84 Å². The van der Waals surface area contributed by atoms with Gasteiger partial charge in [0, 0.05) is 17.8 Å². The van der Waals surface area contributed by atoms with E-state index < -0.39 is 5.60 Å². The van der Waals surface area contributed by atoms with Crippen molar-refractivity contribution in [1.82, 2.24) is 24.3 Å². The molecule has 4 aromatic rings. The van der Waals surface area contributed by atoms with Gasteiger partial charge in [-0.25, -0.2) is 19.3 Å². The first kappa shape index (κ1) is 25.0. The first-order valence-electron chi connectivity index (χ1n) is 13.1. The van der Waals surface area contributed by atoms with Gasteiger partial charge in [-0.15, -0.1) is 6.58 Å². The Morgan fingerprint density at radius 2 is 1.92 bits per heavy atom. The SMILES string of the molecule is C=CCn1c(=O)c2cnc(Nc3ccc(C4CCC(C#N)CC4)cc3)nc2n1-c1cccc(C2(O)COC2)n1. The molecule has 1 aliphatic heterocycles. The van der Waals surface area contributed by atoms with E-state index in [9.17, 15) is 9.90 Å². The standard InChI is InChI=1S/C29H29N7O3/c1-2-14-35-27(37)23-16-31-28(32-22-12-10-21(11-13-22)20-8-6-19(15-30)7-9-20)34-26(23)36(35)25-5-3-4-24(33-25)29(38)17-39-18-29/h2-5,10-13,16,19-20,38H,1,6-9,14,17-18H2,(H,31,32,34). The summed E-state index contributed by atoms with van der Waals surface area (Å²) < 4.78 is 8.33. The highest BCUT2D eigenvalue weighted by atomic mass is 16.5. The lowest BCUT2D eigenvalue weighted by Crippen LogP contribution is -2.47. The second-order valence-corrected chi connectivity index (χ2v) is 10.2. The third kappa shape index (κ3) is 4.60. The first-order chi connectivity index (χ1) is 19.0. The highest BCUT2D eigenvalue weighted by molar-refractivity contribution is 5.77. The molecule has 1 saturated carbocycles.